The predicted octanol–water partition coefficient (Wildman–Crippen LogP) is 5.15. The molecule has 1 atom stereocenters. The molecule has 1 aromatic heterocycles. The minimum absolute atomic E-state index is 0.439. The lowest BCUT2D eigenvalue weighted by Crippen LogP contribution is -2.16. The summed E-state index contributed by atoms with van der Waals surface area (Å²) in [6, 6.07) is 10.7. The number of nitrogens with one attached hydrogen (secondary N) is 1. The van der Waals surface area contributed by atoms with Crippen molar-refractivity contribution in [1.29, 1.82) is 0 Å². The van der Waals surface area contributed by atoms with Crippen molar-refractivity contribution in [1.82, 2.24) is 14.8 Å². The first-order chi connectivity index (χ1) is 13.0. The van der Waals surface area contributed by atoms with Crippen molar-refractivity contribution in [3.63, 3.8) is 0 Å². The fraction of sp³-hybridized carbons (Fsp3) is 0.222. The molecule has 1 aliphatic heterocycles. The van der Waals surface area contributed by atoms with Gasteiger partial charge in [0.1, 0.15) is 19.0 Å². The molecule has 3 aromatic rings. The van der Waals surface area contributed by atoms with Crippen molar-refractivity contribution in [2.24, 2.45) is 0 Å². The van der Waals surface area contributed by atoms with E-state index in [1.807, 2.05) is 25.1 Å². The number of halogens is 2. The van der Waals surface area contributed by atoms with Crippen molar-refractivity contribution < 1.29 is 14.2 Å². The molecular formula is C18H15Cl2N3O3S. The quantitative estimate of drug-likeness (QED) is 0.587. The molecule has 140 valence electrons. The van der Waals surface area contributed by atoms with E-state index in [1.54, 1.807) is 22.8 Å². The topological polar surface area (TPSA) is 61.3 Å². The Labute approximate surface area is 170 Å². The molecule has 9 heteroatoms. The Morgan fingerprint density at radius 3 is 2.74 bits per heavy atom. The molecule has 2 aromatic carbocycles. The number of nitrogens with zero attached hydrogens (tertiary/aromatic N) is 2. The van der Waals surface area contributed by atoms with Crippen LogP contribution in [-0.2, 0) is 0 Å². The van der Waals surface area contributed by atoms with E-state index < -0.39 is 6.10 Å². The lowest BCUT2D eigenvalue weighted by Gasteiger charge is -2.20. The third kappa shape index (κ3) is 3.63. The summed E-state index contributed by atoms with van der Waals surface area (Å²) in [5.74, 6) is 2.43. The number of H-pyrrole nitrogens is 1. The minimum atomic E-state index is -0.442. The van der Waals surface area contributed by atoms with Gasteiger partial charge in [-0.2, -0.15) is 5.10 Å². The van der Waals surface area contributed by atoms with Gasteiger partial charge in [0.05, 0.1) is 10.7 Å². The van der Waals surface area contributed by atoms with Gasteiger partial charge in [0.2, 0.25) is 0 Å². The molecule has 0 amide bonds. The summed E-state index contributed by atoms with van der Waals surface area (Å²) in [6.45, 7) is 2.90. The van der Waals surface area contributed by atoms with E-state index in [0.29, 0.717) is 51.1 Å². The minimum Gasteiger partial charge on any atom is -0.486 e. The lowest BCUT2D eigenvalue weighted by molar-refractivity contribution is 0.171. The molecule has 0 saturated heterocycles. The largest absolute Gasteiger partial charge is 0.486 e. The van der Waals surface area contributed by atoms with E-state index >= 15 is 0 Å². The summed E-state index contributed by atoms with van der Waals surface area (Å²) >= 11 is 17.6. The highest BCUT2D eigenvalue weighted by Crippen LogP contribution is 2.34. The van der Waals surface area contributed by atoms with Crippen molar-refractivity contribution in [3.8, 4) is 22.9 Å². The highest BCUT2D eigenvalue weighted by Gasteiger charge is 2.20. The van der Waals surface area contributed by atoms with Crippen molar-refractivity contribution in [2.75, 3.05) is 13.2 Å². The molecule has 1 N–H and O–H groups in total. The molecule has 4 rings (SSSR count). The van der Waals surface area contributed by atoms with Crippen LogP contribution in [0.4, 0.5) is 0 Å². The smallest absolute Gasteiger partial charge is 0.199 e. The maximum absolute atomic E-state index is 6.20. The number of hydrogen-bond donors (Lipinski definition) is 1. The summed E-state index contributed by atoms with van der Waals surface area (Å²) < 4.78 is 19.4. The molecule has 0 radical (unpaired) electrons. The Balaban J connectivity index is 1.69. The summed E-state index contributed by atoms with van der Waals surface area (Å²) in [5, 5.41) is 8.14. The third-order valence-electron chi connectivity index (χ3n) is 4.04. The average Bonchev–Trinajstić information content (AvgIpc) is 3.06. The second kappa shape index (κ2) is 7.42. The number of ether oxygens (including phenoxy) is 3. The fourth-order valence-corrected chi connectivity index (χ4v) is 3.38. The van der Waals surface area contributed by atoms with E-state index in [4.69, 9.17) is 49.6 Å². The van der Waals surface area contributed by atoms with Crippen molar-refractivity contribution in [2.45, 2.75) is 13.0 Å². The zero-order chi connectivity index (χ0) is 19.0. The van der Waals surface area contributed by atoms with Crippen LogP contribution in [0.25, 0.3) is 5.69 Å². The molecule has 2 heterocycles. The van der Waals surface area contributed by atoms with Crippen LogP contribution in [0.3, 0.4) is 0 Å². The van der Waals surface area contributed by atoms with Gasteiger partial charge in [-0.3, -0.25) is 9.67 Å². The zero-order valence-electron chi connectivity index (χ0n) is 14.2. The Morgan fingerprint density at radius 1 is 1.15 bits per heavy atom. The molecule has 0 bridgehead atoms. The van der Waals surface area contributed by atoms with Crippen LogP contribution < -0.4 is 14.2 Å². The standard InChI is InChI=1S/C18H15Cl2N3O3S/c1-10(26-15-8-11(19)2-4-13(15)20)17-21-22-18(27)23(17)12-3-5-14-16(9-12)25-7-6-24-14/h2-5,8-10H,6-7H2,1H3,(H,22,27)/t10-/m0/s1. The predicted molar refractivity (Wildman–Crippen MR) is 105 cm³/mol. The number of aromatic nitrogens is 3. The molecule has 0 spiro atoms. The second-order valence-electron chi connectivity index (χ2n) is 5.89. The average molecular weight is 424 g/mol. The van der Waals surface area contributed by atoms with Crippen LogP contribution in [0.15, 0.2) is 36.4 Å². The normalized spacial score (nSPS) is 14.0. The number of benzene rings is 2. The van der Waals surface area contributed by atoms with Crippen LogP contribution in [0.1, 0.15) is 18.9 Å². The maximum atomic E-state index is 6.20. The van der Waals surface area contributed by atoms with Gasteiger partial charge in [0, 0.05) is 17.2 Å². The first-order valence-corrected chi connectivity index (χ1v) is 9.38. The number of fused-ring (bicyclic) bond motifs is 1. The molecule has 0 aliphatic carbocycles. The molecule has 0 fully saturated rings. The van der Waals surface area contributed by atoms with Gasteiger partial charge in [-0.25, -0.2) is 0 Å². The SMILES string of the molecule is C[C@H](Oc1cc(Cl)ccc1Cl)c1n[nH]c(=S)n1-c1ccc2c(c1)OCCO2. The second-order valence-corrected chi connectivity index (χ2v) is 7.12. The molecule has 1 aliphatic rings. The first kappa shape index (κ1) is 18.2. The Bertz CT molecular complexity index is 1050. The number of hydrogen-bond acceptors (Lipinski definition) is 5. The van der Waals surface area contributed by atoms with E-state index in [2.05, 4.69) is 10.2 Å². The molecule has 27 heavy (non-hydrogen) atoms. The summed E-state index contributed by atoms with van der Waals surface area (Å²) in [5.41, 5.74) is 0.792. The van der Waals surface area contributed by atoms with Crippen LogP contribution in [0, 0.1) is 4.77 Å². The van der Waals surface area contributed by atoms with Crippen LogP contribution in [0.2, 0.25) is 10.0 Å². The Hall–Kier alpha value is -2.22. The number of aromatic amines is 1. The van der Waals surface area contributed by atoms with Gasteiger partial charge in [-0.05, 0) is 43.4 Å². The maximum Gasteiger partial charge on any atom is 0.199 e. The van der Waals surface area contributed by atoms with Gasteiger partial charge in [0.25, 0.3) is 0 Å². The highest BCUT2D eigenvalue weighted by molar-refractivity contribution is 7.71. The van der Waals surface area contributed by atoms with E-state index in [1.165, 1.54) is 0 Å². The third-order valence-corrected chi connectivity index (χ3v) is 4.86. The lowest BCUT2D eigenvalue weighted by atomic mass is 10.2. The van der Waals surface area contributed by atoms with E-state index in [-0.39, 0.29) is 0 Å². The van der Waals surface area contributed by atoms with Crippen LogP contribution in [0.5, 0.6) is 17.2 Å². The zero-order valence-corrected chi connectivity index (χ0v) is 16.6. The van der Waals surface area contributed by atoms with Crippen LogP contribution in [-0.4, -0.2) is 28.0 Å². The van der Waals surface area contributed by atoms with Gasteiger partial charge >= 0.3 is 0 Å². The van der Waals surface area contributed by atoms with Gasteiger partial charge < -0.3 is 14.2 Å². The Morgan fingerprint density at radius 2 is 1.93 bits per heavy atom. The summed E-state index contributed by atoms with van der Waals surface area (Å²) in [4.78, 5) is 0. The van der Waals surface area contributed by atoms with Gasteiger partial charge in [0.15, 0.2) is 28.2 Å². The molecule has 0 unspecified atom stereocenters. The Kier molecular flexibility index (Phi) is 4.99. The molecular weight excluding hydrogens is 409 g/mol. The highest BCUT2D eigenvalue weighted by atomic mass is 35.5. The first-order valence-electron chi connectivity index (χ1n) is 8.22. The molecule has 6 nitrogen and oxygen atoms in total. The van der Waals surface area contributed by atoms with E-state index in [0.717, 1.165) is 5.69 Å². The summed E-state index contributed by atoms with van der Waals surface area (Å²) in [6.07, 6.45) is -0.442. The van der Waals surface area contributed by atoms with Crippen molar-refractivity contribution >= 4 is 35.4 Å². The molecule has 0 saturated carbocycles. The van der Waals surface area contributed by atoms with Gasteiger partial charge in [-0.1, -0.05) is 23.2 Å². The van der Waals surface area contributed by atoms with Gasteiger partial charge in [-0.15, -0.1) is 0 Å². The monoisotopic (exact) mass is 423 g/mol. The van der Waals surface area contributed by atoms with E-state index in [9.17, 15) is 0 Å². The van der Waals surface area contributed by atoms with Crippen molar-refractivity contribution in [3.05, 3.63) is 57.0 Å². The van der Waals surface area contributed by atoms with Crippen LogP contribution >= 0.6 is 35.4 Å². The summed E-state index contributed by atoms with van der Waals surface area (Å²) in [7, 11) is 0. The number of rotatable bonds is 4. The fourth-order valence-electron chi connectivity index (χ4n) is 2.81.